The average molecular weight is 356 g/mol. The smallest absolute Gasteiger partial charge is 0.246 e. The Hall–Kier alpha value is -2.44. The highest BCUT2D eigenvalue weighted by Gasteiger charge is 2.28. The van der Waals surface area contributed by atoms with E-state index in [4.69, 9.17) is 4.52 Å². The molecule has 3 aromatic rings. The van der Waals surface area contributed by atoms with Gasteiger partial charge in [-0.25, -0.2) is 8.42 Å². The first-order valence-electron chi connectivity index (χ1n) is 7.95. The Kier molecular flexibility index (Phi) is 4.74. The minimum absolute atomic E-state index is 0.0982. The summed E-state index contributed by atoms with van der Waals surface area (Å²) in [5.41, 5.74) is 3.15. The van der Waals surface area contributed by atoms with Crippen LogP contribution in [0.3, 0.4) is 0 Å². The van der Waals surface area contributed by atoms with E-state index in [-0.39, 0.29) is 10.7 Å². The van der Waals surface area contributed by atoms with Crippen LogP contribution in [0.1, 0.15) is 34.2 Å². The minimum atomic E-state index is -3.79. The van der Waals surface area contributed by atoms with E-state index in [1.54, 1.807) is 13.8 Å². The highest BCUT2D eigenvalue weighted by Crippen LogP contribution is 2.27. The monoisotopic (exact) mass is 356 g/mol. The number of rotatable bonds is 5. The summed E-state index contributed by atoms with van der Waals surface area (Å²) >= 11 is 0. The predicted molar refractivity (Wildman–Crippen MR) is 95.8 cm³/mol. The molecule has 5 nitrogen and oxygen atoms in total. The Labute approximate surface area is 147 Å². The van der Waals surface area contributed by atoms with Gasteiger partial charge in [0.1, 0.15) is 10.6 Å². The second-order valence-corrected chi connectivity index (χ2v) is 7.68. The van der Waals surface area contributed by atoms with E-state index in [2.05, 4.69) is 9.88 Å². The zero-order valence-corrected chi connectivity index (χ0v) is 15.2. The van der Waals surface area contributed by atoms with E-state index in [0.717, 1.165) is 16.7 Å². The molecule has 1 aromatic heterocycles. The lowest BCUT2D eigenvalue weighted by Gasteiger charge is -2.20. The third-order valence-corrected chi connectivity index (χ3v) is 5.68. The van der Waals surface area contributed by atoms with Crippen molar-refractivity contribution in [3.05, 3.63) is 82.7 Å². The van der Waals surface area contributed by atoms with E-state index in [0.29, 0.717) is 5.69 Å². The third kappa shape index (κ3) is 3.65. The molecule has 3 rings (SSSR count). The first kappa shape index (κ1) is 17.4. The molecule has 0 spiro atoms. The summed E-state index contributed by atoms with van der Waals surface area (Å²) < 4.78 is 33.8. The number of hydrogen-bond acceptors (Lipinski definition) is 4. The van der Waals surface area contributed by atoms with Gasteiger partial charge in [0, 0.05) is 0 Å². The summed E-state index contributed by atoms with van der Waals surface area (Å²) in [6, 6.07) is 16.8. The zero-order chi connectivity index (χ0) is 18.0. The van der Waals surface area contributed by atoms with Gasteiger partial charge in [-0.3, -0.25) is 0 Å². The minimum Gasteiger partial charge on any atom is -0.360 e. The molecule has 0 unspecified atom stereocenters. The molecule has 2 aromatic carbocycles. The van der Waals surface area contributed by atoms with Crippen molar-refractivity contribution in [2.75, 3.05) is 0 Å². The van der Waals surface area contributed by atoms with Crippen LogP contribution in [0, 0.1) is 20.8 Å². The van der Waals surface area contributed by atoms with Gasteiger partial charge in [0.2, 0.25) is 10.0 Å². The number of benzene rings is 2. The molecule has 1 atom stereocenters. The van der Waals surface area contributed by atoms with Crippen molar-refractivity contribution in [1.29, 1.82) is 0 Å². The Morgan fingerprint density at radius 3 is 2.24 bits per heavy atom. The van der Waals surface area contributed by atoms with Crippen LogP contribution in [0.4, 0.5) is 0 Å². The Balaban J connectivity index is 2.07. The van der Waals surface area contributed by atoms with E-state index >= 15 is 0 Å². The first-order chi connectivity index (χ1) is 11.9. The molecule has 0 bridgehead atoms. The molecule has 6 heteroatoms. The number of nitrogens with zero attached hydrogens (tertiary/aromatic N) is 1. The first-order valence-corrected chi connectivity index (χ1v) is 9.43. The Bertz CT molecular complexity index is 959. The predicted octanol–water partition coefficient (Wildman–Crippen LogP) is 3.67. The van der Waals surface area contributed by atoms with Crippen LogP contribution in [0.2, 0.25) is 0 Å². The van der Waals surface area contributed by atoms with Crippen LogP contribution in [0.25, 0.3) is 0 Å². The van der Waals surface area contributed by atoms with Crippen molar-refractivity contribution >= 4 is 10.0 Å². The maximum atomic E-state index is 13.0. The molecule has 130 valence electrons. The summed E-state index contributed by atoms with van der Waals surface area (Å²) in [4.78, 5) is 0.0982. The molecule has 25 heavy (non-hydrogen) atoms. The lowest BCUT2D eigenvalue weighted by molar-refractivity contribution is 0.390. The van der Waals surface area contributed by atoms with Crippen molar-refractivity contribution in [2.24, 2.45) is 0 Å². The molecule has 0 radical (unpaired) electrons. The topological polar surface area (TPSA) is 72.2 Å². The van der Waals surface area contributed by atoms with Crippen LogP contribution in [0.15, 0.2) is 64.0 Å². The van der Waals surface area contributed by atoms with E-state index < -0.39 is 16.1 Å². The fraction of sp³-hybridized carbons (Fsp3) is 0.211. The maximum absolute atomic E-state index is 13.0. The van der Waals surface area contributed by atoms with Gasteiger partial charge in [-0.15, -0.1) is 0 Å². The molecule has 0 aliphatic heterocycles. The fourth-order valence-electron chi connectivity index (χ4n) is 2.90. The van der Waals surface area contributed by atoms with Crippen LogP contribution >= 0.6 is 0 Å². The van der Waals surface area contributed by atoms with Gasteiger partial charge < -0.3 is 4.52 Å². The van der Waals surface area contributed by atoms with Crippen LogP contribution in [0.5, 0.6) is 0 Å². The lowest BCUT2D eigenvalue weighted by atomic mass is 9.98. The van der Waals surface area contributed by atoms with Gasteiger partial charge >= 0.3 is 0 Å². The molecule has 0 aliphatic rings. The number of aryl methyl sites for hydroxylation is 3. The quantitative estimate of drug-likeness (QED) is 0.757. The van der Waals surface area contributed by atoms with Crippen molar-refractivity contribution in [3.63, 3.8) is 0 Å². The van der Waals surface area contributed by atoms with Gasteiger partial charge in [0.15, 0.2) is 5.76 Å². The summed E-state index contributed by atoms with van der Waals surface area (Å²) in [5.74, 6) is 0.279. The molecular formula is C19H20N2O3S. The fourth-order valence-corrected chi connectivity index (χ4v) is 4.44. The molecule has 1 N–H and O–H groups in total. The summed E-state index contributed by atoms with van der Waals surface area (Å²) in [7, 11) is -3.79. The molecule has 1 heterocycles. The van der Waals surface area contributed by atoms with E-state index in [1.165, 1.54) is 0 Å². The van der Waals surface area contributed by atoms with Gasteiger partial charge in [0.05, 0.1) is 6.04 Å². The van der Waals surface area contributed by atoms with Crippen molar-refractivity contribution in [3.8, 4) is 0 Å². The third-order valence-electron chi connectivity index (χ3n) is 4.02. The lowest BCUT2D eigenvalue weighted by Crippen LogP contribution is -2.30. The number of sulfonamides is 1. The van der Waals surface area contributed by atoms with Crippen LogP contribution < -0.4 is 4.72 Å². The zero-order valence-electron chi connectivity index (χ0n) is 14.4. The summed E-state index contributed by atoms with van der Waals surface area (Å²) in [6.45, 7) is 5.20. The summed E-state index contributed by atoms with van der Waals surface area (Å²) in [6.07, 6.45) is 0. The molecule has 0 saturated carbocycles. The second kappa shape index (κ2) is 6.82. The standard InChI is InChI=1S/C19H20N2O3S/c1-13-8-7-11-17(12-13)18(16-9-5-4-6-10-16)21-25(22,23)19-14(2)20-24-15(19)3/h4-12,18,21H,1-3H3/t18-/m0/s1. The van der Waals surface area contributed by atoms with Gasteiger partial charge in [0.25, 0.3) is 0 Å². The van der Waals surface area contributed by atoms with Gasteiger partial charge in [-0.1, -0.05) is 65.3 Å². The van der Waals surface area contributed by atoms with Gasteiger partial charge in [-0.05, 0) is 31.9 Å². The largest absolute Gasteiger partial charge is 0.360 e. The van der Waals surface area contributed by atoms with Crippen LogP contribution in [-0.2, 0) is 10.0 Å². The average Bonchev–Trinajstić information content (AvgIpc) is 2.93. The second-order valence-electron chi connectivity index (χ2n) is 6.03. The molecule has 0 amide bonds. The molecular weight excluding hydrogens is 336 g/mol. The van der Waals surface area contributed by atoms with Crippen LogP contribution in [-0.4, -0.2) is 13.6 Å². The highest BCUT2D eigenvalue weighted by atomic mass is 32.2. The molecule has 0 fully saturated rings. The normalized spacial score (nSPS) is 12.9. The number of hydrogen-bond donors (Lipinski definition) is 1. The maximum Gasteiger partial charge on any atom is 0.246 e. The number of aromatic nitrogens is 1. The van der Waals surface area contributed by atoms with Crippen molar-refractivity contribution in [1.82, 2.24) is 9.88 Å². The Morgan fingerprint density at radius 1 is 0.960 bits per heavy atom. The summed E-state index contributed by atoms with van der Waals surface area (Å²) in [5, 5.41) is 3.76. The number of nitrogens with one attached hydrogen (secondary N) is 1. The Morgan fingerprint density at radius 2 is 1.64 bits per heavy atom. The van der Waals surface area contributed by atoms with Crippen molar-refractivity contribution < 1.29 is 12.9 Å². The van der Waals surface area contributed by atoms with Gasteiger partial charge in [-0.2, -0.15) is 4.72 Å². The SMILES string of the molecule is Cc1cccc([C@@H](NS(=O)(=O)c2c(C)noc2C)c2ccccc2)c1. The van der Waals surface area contributed by atoms with E-state index in [9.17, 15) is 8.42 Å². The molecule has 0 aliphatic carbocycles. The van der Waals surface area contributed by atoms with E-state index in [1.807, 2.05) is 61.5 Å². The highest BCUT2D eigenvalue weighted by molar-refractivity contribution is 7.89. The molecule has 0 saturated heterocycles. The van der Waals surface area contributed by atoms with Crippen molar-refractivity contribution in [2.45, 2.75) is 31.7 Å².